The van der Waals surface area contributed by atoms with Crippen LogP contribution in [-0.4, -0.2) is 94.0 Å². The maximum Gasteiger partial charge on any atom is 0.219 e. The first-order valence-electron chi connectivity index (χ1n) is 20.6. The number of benzene rings is 2. The number of aliphatic hydroxyl groups excluding tert-OH is 3. The lowest BCUT2D eigenvalue weighted by molar-refractivity contribution is -0.401. The van der Waals surface area contributed by atoms with Crippen LogP contribution in [0, 0.1) is 5.92 Å². The van der Waals surface area contributed by atoms with Crippen LogP contribution in [0.3, 0.4) is 0 Å². The van der Waals surface area contributed by atoms with Gasteiger partial charge in [0.2, 0.25) is 11.6 Å². The van der Waals surface area contributed by atoms with Gasteiger partial charge in [-0.2, -0.15) is 4.58 Å². The van der Waals surface area contributed by atoms with Crippen LogP contribution in [0.4, 0.5) is 11.4 Å². The summed E-state index contributed by atoms with van der Waals surface area (Å²) in [5.74, 6) is -0.0524. The summed E-state index contributed by atoms with van der Waals surface area (Å²) in [7, 11) is 2.16. The van der Waals surface area contributed by atoms with Gasteiger partial charge in [-0.15, -0.1) is 0 Å². The summed E-state index contributed by atoms with van der Waals surface area (Å²) in [5, 5.41) is 32.8. The molecule has 3 aliphatic heterocycles. The van der Waals surface area contributed by atoms with Crippen molar-refractivity contribution < 1.29 is 24.7 Å². The quantitative estimate of drug-likeness (QED) is 0.0543. The number of nitrogens with zero attached hydrogens (tertiary/aromatic N) is 3. The molecular weight excluding hydrogens is 673 g/mol. The van der Waals surface area contributed by atoms with Crippen molar-refractivity contribution >= 4 is 23.0 Å². The highest BCUT2D eigenvalue weighted by molar-refractivity contribution is 6.03. The van der Waals surface area contributed by atoms with Crippen molar-refractivity contribution in [2.24, 2.45) is 5.92 Å². The van der Waals surface area contributed by atoms with E-state index in [1.54, 1.807) is 0 Å². The molecule has 0 radical (unpaired) electrons. The van der Waals surface area contributed by atoms with Gasteiger partial charge in [0, 0.05) is 66.0 Å². The van der Waals surface area contributed by atoms with E-state index in [0.717, 1.165) is 71.0 Å². The van der Waals surface area contributed by atoms with E-state index in [0.29, 0.717) is 6.42 Å². The number of fused-ring (bicyclic) bond motifs is 3. The molecule has 54 heavy (non-hydrogen) atoms. The fraction of sp³-hybridized carbons (Fsp3) is 0.565. The van der Waals surface area contributed by atoms with Gasteiger partial charge in [0.15, 0.2) is 5.71 Å². The highest BCUT2D eigenvalue weighted by atomic mass is 16.3. The molecule has 0 bridgehead atoms. The average Bonchev–Trinajstić information content (AvgIpc) is 3.67. The smallest absolute Gasteiger partial charge is 0.219 e. The fourth-order valence-electron chi connectivity index (χ4n) is 9.60. The van der Waals surface area contributed by atoms with Crippen LogP contribution in [0.5, 0.6) is 0 Å². The van der Waals surface area contributed by atoms with Crippen molar-refractivity contribution in [3.05, 3.63) is 95.7 Å². The summed E-state index contributed by atoms with van der Waals surface area (Å²) in [4.78, 5) is 17.3. The number of hydrogen-bond donors (Lipinski definition) is 4. The molecule has 6 rings (SSSR count). The Balaban J connectivity index is 0.876. The number of carbonyl (C=O) groups is 1. The minimum Gasteiger partial charge on any atom is -0.396 e. The molecule has 8 nitrogen and oxygen atoms in total. The second-order valence-corrected chi connectivity index (χ2v) is 17.0. The molecule has 0 aromatic heterocycles. The van der Waals surface area contributed by atoms with Gasteiger partial charge in [-0.1, -0.05) is 101 Å². The first-order valence-corrected chi connectivity index (χ1v) is 20.6. The van der Waals surface area contributed by atoms with Gasteiger partial charge >= 0.3 is 0 Å². The van der Waals surface area contributed by atoms with Gasteiger partial charge in [-0.05, 0) is 63.8 Å². The monoisotopic (exact) mass is 738 g/mol. The molecule has 2 aromatic rings. The summed E-state index contributed by atoms with van der Waals surface area (Å²) in [6.45, 7) is 11.8. The lowest BCUT2D eigenvalue weighted by Crippen LogP contribution is -2.38. The molecule has 1 aliphatic carbocycles. The number of rotatable bonds is 19. The summed E-state index contributed by atoms with van der Waals surface area (Å²) >= 11 is 0. The molecule has 2 aromatic carbocycles. The zero-order valence-electron chi connectivity index (χ0n) is 33.4. The number of allylic oxidation sites excluding steroid dienone is 6. The molecule has 1 saturated heterocycles. The third-order valence-electron chi connectivity index (χ3n) is 12.7. The van der Waals surface area contributed by atoms with Gasteiger partial charge in [0.05, 0.1) is 30.3 Å². The predicted octanol–water partition coefficient (Wildman–Crippen LogP) is 6.90. The van der Waals surface area contributed by atoms with Crippen molar-refractivity contribution in [3.63, 3.8) is 0 Å². The fourth-order valence-corrected chi connectivity index (χ4v) is 9.60. The molecule has 4 N–H and O–H groups in total. The third kappa shape index (κ3) is 8.32. The van der Waals surface area contributed by atoms with Gasteiger partial charge < -0.3 is 25.5 Å². The minimum absolute atomic E-state index is 0.0312. The standard InChI is InChI=1S/C46H64N4O4/c1-45(2)34-22-15-17-24-36(34)48(5)38(45)26-12-10-13-27-39-46(3,4)35-23-16-18-25-37(35)49(39)30-21-11-14-28-40(52)47-29-19-8-6-7-9-20-31-50-41-33(32-51)43(53)44(54)42(41)50/h10,12-13,15-18,22-27,33,41-44,51,53-54H,6-9,11,14,19-21,28-32H2,1-5H3/p+1/t33-,41-,42?,43+,44+,50?/m1/s1. The molecule has 8 heteroatoms. The Morgan fingerprint density at radius 3 is 2.20 bits per heavy atom. The topological polar surface area (TPSA) is 99.1 Å². The number of likely N-dealkylation sites (tertiary alicyclic amines) is 1. The van der Waals surface area contributed by atoms with Gasteiger partial charge in [0.25, 0.3) is 0 Å². The zero-order valence-corrected chi connectivity index (χ0v) is 33.4. The van der Waals surface area contributed by atoms with E-state index in [1.165, 1.54) is 40.3 Å². The summed E-state index contributed by atoms with van der Waals surface area (Å²) in [6, 6.07) is 17.6. The molecule has 4 aliphatic rings. The molecule has 3 heterocycles. The summed E-state index contributed by atoms with van der Waals surface area (Å²) in [6.07, 6.45) is 19.7. The van der Waals surface area contributed by atoms with Gasteiger partial charge in [-0.3, -0.25) is 9.69 Å². The number of hydrogen-bond acceptors (Lipinski definition) is 6. The lowest BCUT2D eigenvalue weighted by Gasteiger charge is -2.27. The number of anilines is 1. The Labute approximate surface area is 324 Å². The Hall–Kier alpha value is -3.56. The van der Waals surface area contributed by atoms with Crippen molar-refractivity contribution in [2.45, 2.75) is 127 Å². The second kappa shape index (κ2) is 17.5. The second-order valence-electron chi connectivity index (χ2n) is 17.0. The number of piperidine rings is 1. The van der Waals surface area contributed by atoms with Crippen LogP contribution in [-0.2, 0) is 15.6 Å². The SMILES string of the molecule is C[N+]1=C(/C=C/C=C/C=C2/N(CCCCCC(=O)NCCCCCCCCN3C4[C@H](O)[C@@H](O)[C@H](CO)[C@H]43)c3ccccc3C2(C)C)C(C)(C)c2ccccc21. The van der Waals surface area contributed by atoms with E-state index in [4.69, 9.17) is 0 Å². The Kier molecular flexibility index (Phi) is 13.0. The van der Waals surface area contributed by atoms with Crippen LogP contribution in [0.15, 0.2) is 84.6 Å². The van der Waals surface area contributed by atoms with Crippen LogP contribution >= 0.6 is 0 Å². The first-order chi connectivity index (χ1) is 26.0. The van der Waals surface area contributed by atoms with E-state index in [-0.39, 0.29) is 41.3 Å². The van der Waals surface area contributed by atoms with E-state index in [1.807, 2.05) is 0 Å². The molecule has 6 atom stereocenters. The maximum atomic E-state index is 12.5. The van der Waals surface area contributed by atoms with Crippen LogP contribution in [0.2, 0.25) is 0 Å². The Bertz CT molecular complexity index is 1740. The molecule has 2 unspecified atom stereocenters. The van der Waals surface area contributed by atoms with E-state index in [9.17, 15) is 20.1 Å². The van der Waals surface area contributed by atoms with Crippen LogP contribution in [0.1, 0.15) is 103 Å². The van der Waals surface area contributed by atoms with Crippen molar-refractivity contribution in [1.29, 1.82) is 0 Å². The van der Waals surface area contributed by atoms with Crippen LogP contribution in [0.25, 0.3) is 0 Å². The lowest BCUT2D eigenvalue weighted by atomic mass is 9.81. The molecule has 292 valence electrons. The molecule has 1 saturated carbocycles. The highest BCUT2D eigenvalue weighted by Crippen LogP contribution is 2.48. The number of unbranched alkanes of at least 4 members (excludes halogenated alkanes) is 7. The molecule has 1 amide bonds. The molecule has 2 fully saturated rings. The molecular formula is C46H65N4O4+. The average molecular weight is 738 g/mol. The van der Waals surface area contributed by atoms with Gasteiger partial charge in [0.1, 0.15) is 7.05 Å². The molecule has 0 spiro atoms. The number of amides is 1. The number of para-hydroxylation sites is 2. The van der Waals surface area contributed by atoms with E-state index in [2.05, 4.69) is 133 Å². The largest absolute Gasteiger partial charge is 0.396 e. The minimum atomic E-state index is -0.788. The van der Waals surface area contributed by atoms with Gasteiger partial charge in [-0.25, -0.2) is 0 Å². The Morgan fingerprint density at radius 1 is 0.778 bits per heavy atom. The predicted molar refractivity (Wildman–Crippen MR) is 220 cm³/mol. The van der Waals surface area contributed by atoms with Crippen molar-refractivity contribution in [1.82, 2.24) is 10.2 Å². The summed E-state index contributed by atoms with van der Waals surface area (Å²) in [5.41, 5.74) is 7.77. The summed E-state index contributed by atoms with van der Waals surface area (Å²) < 4.78 is 2.31. The van der Waals surface area contributed by atoms with Crippen molar-refractivity contribution in [2.75, 3.05) is 38.2 Å². The van der Waals surface area contributed by atoms with Crippen LogP contribution < -0.4 is 10.2 Å². The Morgan fingerprint density at radius 2 is 1.44 bits per heavy atom. The van der Waals surface area contributed by atoms with Crippen molar-refractivity contribution in [3.8, 4) is 0 Å². The third-order valence-corrected chi connectivity index (χ3v) is 12.7. The zero-order chi connectivity index (χ0) is 38.5. The van der Waals surface area contributed by atoms with E-state index >= 15 is 0 Å². The number of carbonyl (C=O) groups excluding carboxylic acids is 1. The maximum absolute atomic E-state index is 12.5. The number of aliphatic hydroxyl groups is 3. The normalized spacial score (nSPS) is 27.0. The number of nitrogens with one attached hydrogen (secondary N) is 1. The first kappa shape index (κ1) is 40.1. The highest BCUT2D eigenvalue weighted by Gasteiger charge is 2.64. The van der Waals surface area contributed by atoms with E-state index < -0.39 is 12.2 Å².